The molecule has 0 atom stereocenters. The van der Waals surface area contributed by atoms with Gasteiger partial charge in [0.25, 0.3) is 0 Å². The minimum atomic E-state index is -0.368. The normalized spacial score (nSPS) is 9.83. The van der Waals surface area contributed by atoms with Crippen LogP contribution in [0.15, 0.2) is 30.3 Å². The first-order chi connectivity index (χ1) is 8.60. The second-order valence-electron chi connectivity index (χ2n) is 3.85. The second-order valence-corrected chi connectivity index (χ2v) is 3.85. The summed E-state index contributed by atoms with van der Waals surface area (Å²) in [6.45, 7) is 1.81. The predicted octanol–water partition coefficient (Wildman–Crippen LogP) is 2.73. The van der Waals surface area contributed by atoms with Gasteiger partial charge in [-0.05, 0) is 36.8 Å². The van der Waals surface area contributed by atoms with Crippen molar-refractivity contribution in [1.29, 1.82) is 5.26 Å². The van der Waals surface area contributed by atoms with E-state index >= 15 is 0 Å². The number of pyridine rings is 1. The quantitative estimate of drug-likeness (QED) is 0.849. The lowest BCUT2D eigenvalue weighted by atomic mass is 10.2. The van der Waals surface area contributed by atoms with Gasteiger partial charge in [0, 0.05) is 0 Å². The molecule has 3 N–H and O–H groups in total. The van der Waals surface area contributed by atoms with Gasteiger partial charge in [0.15, 0.2) is 5.69 Å². The van der Waals surface area contributed by atoms with Crippen molar-refractivity contribution >= 4 is 17.2 Å². The molecule has 0 aliphatic heterocycles. The zero-order valence-corrected chi connectivity index (χ0v) is 9.74. The summed E-state index contributed by atoms with van der Waals surface area (Å²) in [5.41, 5.74) is 7.11. The van der Waals surface area contributed by atoms with Crippen LogP contribution in [0.2, 0.25) is 0 Å². The Labute approximate surface area is 104 Å². The Morgan fingerprint density at radius 1 is 1.33 bits per heavy atom. The fraction of sp³-hybridized carbons (Fsp3) is 0.0769. The molecule has 0 radical (unpaired) electrons. The number of nitrogens with one attached hydrogen (secondary N) is 1. The Kier molecular flexibility index (Phi) is 3.11. The van der Waals surface area contributed by atoms with Gasteiger partial charge in [-0.3, -0.25) is 0 Å². The smallest absolute Gasteiger partial charge is 0.165 e. The van der Waals surface area contributed by atoms with Crippen LogP contribution < -0.4 is 11.1 Å². The van der Waals surface area contributed by atoms with E-state index in [0.717, 1.165) is 5.56 Å². The summed E-state index contributed by atoms with van der Waals surface area (Å²) < 4.78 is 13.6. The molecule has 0 saturated carbocycles. The van der Waals surface area contributed by atoms with Gasteiger partial charge >= 0.3 is 0 Å². The molecular weight excluding hydrogens is 231 g/mol. The molecule has 90 valence electrons. The molecule has 1 heterocycles. The van der Waals surface area contributed by atoms with Crippen molar-refractivity contribution in [3.63, 3.8) is 0 Å². The molecule has 2 aromatic rings. The minimum Gasteiger partial charge on any atom is -0.396 e. The zero-order valence-electron chi connectivity index (χ0n) is 9.74. The third-order valence-electron chi connectivity index (χ3n) is 2.42. The maximum Gasteiger partial charge on any atom is 0.165 e. The van der Waals surface area contributed by atoms with Crippen molar-refractivity contribution in [2.75, 3.05) is 11.1 Å². The van der Waals surface area contributed by atoms with Crippen molar-refractivity contribution in [2.45, 2.75) is 6.92 Å². The standard InChI is InChI=1S/C13H11FN4/c1-8-2-4-11(9(14)6-8)17-13-5-3-10(16)12(7-15)18-13/h2-6H,16H2,1H3,(H,17,18). The van der Waals surface area contributed by atoms with Crippen molar-refractivity contribution in [2.24, 2.45) is 0 Å². The molecule has 0 spiro atoms. The van der Waals surface area contributed by atoms with Crippen LogP contribution in [-0.2, 0) is 0 Å². The maximum atomic E-state index is 13.6. The highest BCUT2D eigenvalue weighted by Gasteiger charge is 2.05. The number of aryl methyl sites for hydroxylation is 1. The van der Waals surface area contributed by atoms with Gasteiger partial charge in [0.05, 0.1) is 11.4 Å². The molecule has 18 heavy (non-hydrogen) atoms. The third kappa shape index (κ3) is 2.38. The van der Waals surface area contributed by atoms with E-state index in [0.29, 0.717) is 17.2 Å². The first-order valence-electron chi connectivity index (χ1n) is 5.30. The molecule has 5 heteroatoms. The number of nitrogens with two attached hydrogens (primary N) is 1. The van der Waals surface area contributed by atoms with E-state index in [4.69, 9.17) is 11.0 Å². The number of benzene rings is 1. The SMILES string of the molecule is Cc1ccc(Nc2ccc(N)c(C#N)n2)c(F)c1. The van der Waals surface area contributed by atoms with Crippen molar-refractivity contribution in [3.05, 3.63) is 47.4 Å². The molecule has 0 unspecified atom stereocenters. The topological polar surface area (TPSA) is 74.7 Å². The number of anilines is 3. The van der Waals surface area contributed by atoms with Crippen LogP contribution in [0.3, 0.4) is 0 Å². The number of nitrogens with zero attached hydrogens (tertiary/aromatic N) is 2. The molecule has 0 saturated heterocycles. The zero-order chi connectivity index (χ0) is 13.1. The fourth-order valence-electron chi connectivity index (χ4n) is 1.49. The molecular formula is C13H11FN4. The number of hydrogen-bond acceptors (Lipinski definition) is 4. The van der Waals surface area contributed by atoms with Crippen LogP contribution in [0.1, 0.15) is 11.3 Å². The average Bonchev–Trinajstić information content (AvgIpc) is 2.35. The molecule has 1 aromatic carbocycles. The number of hydrogen-bond donors (Lipinski definition) is 2. The van der Waals surface area contributed by atoms with Crippen molar-refractivity contribution in [3.8, 4) is 6.07 Å². The molecule has 0 aliphatic rings. The molecule has 1 aromatic heterocycles. The highest BCUT2D eigenvalue weighted by atomic mass is 19.1. The van der Waals surface area contributed by atoms with Gasteiger partial charge in [-0.2, -0.15) is 5.26 Å². The number of aromatic nitrogens is 1. The van der Waals surface area contributed by atoms with Gasteiger partial charge < -0.3 is 11.1 Å². The van der Waals surface area contributed by atoms with Gasteiger partial charge in [0.2, 0.25) is 0 Å². The van der Waals surface area contributed by atoms with Crippen LogP contribution >= 0.6 is 0 Å². The van der Waals surface area contributed by atoms with Crippen LogP contribution in [0, 0.1) is 24.1 Å². The lowest BCUT2D eigenvalue weighted by Crippen LogP contribution is -2.00. The Morgan fingerprint density at radius 2 is 2.11 bits per heavy atom. The lowest BCUT2D eigenvalue weighted by molar-refractivity contribution is 0.630. The highest BCUT2D eigenvalue weighted by Crippen LogP contribution is 2.21. The Balaban J connectivity index is 2.32. The first-order valence-corrected chi connectivity index (χ1v) is 5.30. The predicted molar refractivity (Wildman–Crippen MR) is 67.8 cm³/mol. The summed E-state index contributed by atoms with van der Waals surface area (Å²) in [6.07, 6.45) is 0. The van der Waals surface area contributed by atoms with Gasteiger partial charge in [-0.25, -0.2) is 9.37 Å². The summed E-state index contributed by atoms with van der Waals surface area (Å²) >= 11 is 0. The van der Waals surface area contributed by atoms with Gasteiger partial charge in [-0.1, -0.05) is 6.07 Å². The van der Waals surface area contributed by atoms with E-state index < -0.39 is 0 Å². The van der Waals surface area contributed by atoms with Gasteiger partial charge in [0.1, 0.15) is 17.7 Å². The largest absolute Gasteiger partial charge is 0.396 e. The lowest BCUT2D eigenvalue weighted by Gasteiger charge is -2.08. The average molecular weight is 242 g/mol. The minimum absolute atomic E-state index is 0.118. The molecule has 4 nitrogen and oxygen atoms in total. The van der Waals surface area contributed by atoms with Crippen LogP contribution in [0.4, 0.5) is 21.6 Å². The van der Waals surface area contributed by atoms with Crippen LogP contribution in [0.5, 0.6) is 0 Å². The van der Waals surface area contributed by atoms with E-state index in [1.165, 1.54) is 6.07 Å². The summed E-state index contributed by atoms with van der Waals surface area (Å²) in [5, 5.41) is 11.6. The molecule has 0 fully saturated rings. The van der Waals surface area contributed by atoms with Crippen LogP contribution in [-0.4, -0.2) is 4.98 Å². The first kappa shape index (κ1) is 11.9. The number of halogens is 1. The Hall–Kier alpha value is -2.61. The van der Waals surface area contributed by atoms with E-state index in [1.54, 1.807) is 24.3 Å². The van der Waals surface area contributed by atoms with E-state index in [9.17, 15) is 4.39 Å². The van der Waals surface area contributed by atoms with E-state index in [1.807, 2.05) is 13.0 Å². The molecule has 2 rings (SSSR count). The molecule has 0 aliphatic carbocycles. The van der Waals surface area contributed by atoms with Gasteiger partial charge in [-0.15, -0.1) is 0 Å². The summed E-state index contributed by atoms with van der Waals surface area (Å²) in [7, 11) is 0. The fourth-order valence-corrected chi connectivity index (χ4v) is 1.49. The van der Waals surface area contributed by atoms with E-state index in [2.05, 4.69) is 10.3 Å². The summed E-state index contributed by atoms with van der Waals surface area (Å²) in [6, 6.07) is 9.85. The second kappa shape index (κ2) is 4.72. The molecule has 0 bridgehead atoms. The maximum absolute atomic E-state index is 13.6. The Bertz CT molecular complexity index is 631. The Morgan fingerprint density at radius 3 is 2.78 bits per heavy atom. The van der Waals surface area contributed by atoms with Crippen LogP contribution in [0.25, 0.3) is 0 Å². The third-order valence-corrected chi connectivity index (χ3v) is 2.42. The van der Waals surface area contributed by atoms with Crippen molar-refractivity contribution < 1.29 is 4.39 Å². The number of nitrogen functional groups attached to an aromatic ring is 1. The van der Waals surface area contributed by atoms with E-state index in [-0.39, 0.29) is 11.5 Å². The number of rotatable bonds is 2. The summed E-state index contributed by atoms with van der Waals surface area (Å²) in [5.74, 6) is 0.00985. The molecule has 0 amide bonds. The monoisotopic (exact) mass is 242 g/mol. The number of nitriles is 1. The summed E-state index contributed by atoms with van der Waals surface area (Å²) in [4.78, 5) is 3.99. The van der Waals surface area contributed by atoms with Crippen molar-refractivity contribution in [1.82, 2.24) is 4.98 Å². The highest BCUT2D eigenvalue weighted by molar-refractivity contribution is 5.61.